The van der Waals surface area contributed by atoms with Gasteiger partial charge in [0.2, 0.25) is 18.8 Å². The Morgan fingerprint density at radius 3 is 2.11 bits per heavy atom. The molecule has 0 aliphatic carbocycles. The fourth-order valence-electron chi connectivity index (χ4n) is 3.73. The Labute approximate surface area is 157 Å². The summed E-state index contributed by atoms with van der Waals surface area (Å²) in [6.45, 7) is 2.11. The molecule has 0 aromatic heterocycles. The molecule has 0 fully saturated rings. The number of aliphatic hydroxyl groups is 1. The molecule has 144 valence electrons. The standard InChI is InChI=1S/C20H22O7/c1-10-18(11-5-16(22-2)19(24-4)17(6-11)23-3)12-7-14-15(26-9-25-14)8-13(12)27-20(10)21/h5-8,10,18,20-21H,9H2,1-4H3/t10-,18-,20-/m0/s1. The second kappa shape index (κ2) is 6.74. The monoisotopic (exact) mass is 374 g/mol. The fraction of sp³-hybridized carbons (Fsp3) is 0.400. The lowest BCUT2D eigenvalue weighted by Crippen LogP contribution is -2.34. The topological polar surface area (TPSA) is 75.6 Å². The zero-order valence-electron chi connectivity index (χ0n) is 15.6. The van der Waals surface area contributed by atoms with Crippen LogP contribution in [0, 0.1) is 5.92 Å². The molecule has 4 rings (SSSR count). The van der Waals surface area contributed by atoms with E-state index in [1.165, 1.54) is 0 Å². The van der Waals surface area contributed by atoms with Gasteiger partial charge < -0.3 is 33.5 Å². The molecule has 0 saturated carbocycles. The summed E-state index contributed by atoms with van der Waals surface area (Å²) in [5.41, 5.74) is 1.82. The van der Waals surface area contributed by atoms with E-state index >= 15 is 0 Å². The van der Waals surface area contributed by atoms with E-state index in [0.717, 1.165) is 11.1 Å². The molecule has 7 heteroatoms. The average molecular weight is 374 g/mol. The normalized spacial score (nSPS) is 22.6. The molecule has 1 N–H and O–H groups in total. The summed E-state index contributed by atoms with van der Waals surface area (Å²) in [5.74, 6) is 3.12. The van der Waals surface area contributed by atoms with E-state index in [0.29, 0.717) is 34.5 Å². The number of fused-ring (bicyclic) bond motifs is 2. The molecule has 2 aromatic carbocycles. The van der Waals surface area contributed by atoms with E-state index in [1.807, 2.05) is 25.1 Å². The molecule has 0 unspecified atom stereocenters. The van der Waals surface area contributed by atoms with Crippen LogP contribution in [0.2, 0.25) is 0 Å². The summed E-state index contributed by atoms with van der Waals surface area (Å²) < 4.78 is 33.1. The Kier molecular flexibility index (Phi) is 4.39. The van der Waals surface area contributed by atoms with Crippen molar-refractivity contribution in [2.45, 2.75) is 19.1 Å². The number of ether oxygens (including phenoxy) is 6. The molecule has 0 bridgehead atoms. The van der Waals surface area contributed by atoms with Gasteiger partial charge >= 0.3 is 0 Å². The van der Waals surface area contributed by atoms with Crippen molar-refractivity contribution in [3.8, 4) is 34.5 Å². The van der Waals surface area contributed by atoms with Crippen molar-refractivity contribution in [2.24, 2.45) is 5.92 Å². The van der Waals surface area contributed by atoms with Crippen molar-refractivity contribution in [1.29, 1.82) is 0 Å². The van der Waals surface area contributed by atoms with Crippen molar-refractivity contribution < 1.29 is 33.5 Å². The maximum atomic E-state index is 10.5. The number of methoxy groups -OCH3 is 3. The fourth-order valence-corrected chi connectivity index (χ4v) is 3.73. The molecule has 3 atom stereocenters. The van der Waals surface area contributed by atoms with Gasteiger partial charge in [-0.2, -0.15) is 0 Å². The highest BCUT2D eigenvalue weighted by molar-refractivity contribution is 5.59. The van der Waals surface area contributed by atoms with E-state index in [-0.39, 0.29) is 18.6 Å². The summed E-state index contributed by atoms with van der Waals surface area (Å²) in [7, 11) is 4.72. The predicted octanol–water partition coefficient (Wildman–Crippen LogP) is 2.92. The number of rotatable bonds is 4. The Bertz CT molecular complexity index is 839. The number of aliphatic hydroxyl groups excluding tert-OH is 1. The van der Waals surface area contributed by atoms with Gasteiger partial charge in [0, 0.05) is 23.5 Å². The first kappa shape index (κ1) is 17.6. The molecule has 2 heterocycles. The SMILES string of the molecule is COc1cc([C@H]2c3cc4c(cc3O[C@H](O)[C@H]2C)OCO4)cc(OC)c1OC. The summed E-state index contributed by atoms with van der Waals surface area (Å²) in [5, 5.41) is 10.5. The van der Waals surface area contributed by atoms with Crippen LogP contribution in [0.4, 0.5) is 0 Å². The van der Waals surface area contributed by atoms with E-state index in [1.54, 1.807) is 27.4 Å². The van der Waals surface area contributed by atoms with Crippen molar-refractivity contribution >= 4 is 0 Å². The number of hydrogen-bond acceptors (Lipinski definition) is 7. The highest BCUT2D eigenvalue weighted by Gasteiger charge is 2.38. The molecule has 0 spiro atoms. The van der Waals surface area contributed by atoms with Gasteiger partial charge in [0.05, 0.1) is 21.3 Å². The minimum Gasteiger partial charge on any atom is -0.493 e. The Morgan fingerprint density at radius 2 is 1.52 bits per heavy atom. The second-order valence-electron chi connectivity index (χ2n) is 6.55. The zero-order valence-corrected chi connectivity index (χ0v) is 15.6. The van der Waals surface area contributed by atoms with Crippen LogP contribution in [0.5, 0.6) is 34.5 Å². The van der Waals surface area contributed by atoms with Gasteiger partial charge in [0.15, 0.2) is 23.0 Å². The Balaban J connectivity index is 1.88. The van der Waals surface area contributed by atoms with E-state index < -0.39 is 6.29 Å². The molecule has 0 amide bonds. The number of hydrogen-bond donors (Lipinski definition) is 1. The van der Waals surface area contributed by atoms with Gasteiger partial charge in [-0.1, -0.05) is 6.92 Å². The summed E-state index contributed by atoms with van der Waals surface area (Å²) >= 11 is 0. The van der Waals surface area contributed by atoms with E-state index in [2.05, 4.69) is 0 Å². The van der Waals surface area contributed by atoms with Gasteiger partial charge in [-0.3, -0.25) is 0 Å². The van der Waals surface area contributed by atoms with Crippen LogP contribution in [-0.4, -0.2) is 39.5 Å². The summed E-state index contributed by atoms with van der Waals surface area (Å²) in [6.07, 6.45) is -0.957. The third kappa shape index (κ3) is 2.78. The molecule has 0 radical (unpaired) electrons. The Hall–Kier alpha value is -2.80. The third-order valence-corrected chi connectivity index (χ3v) is 5.11. The molecule has 2 aliphatic rings. The largest absolute Gasteiger partial charge is 0.493 e. The predicted molar refractivity (Wildman–Crippen MR) is 96.3 cm³/mol. The van der Waals surface area contributed by atoms with Crippen molar-refractivity contribution in [2.75, 3.05) is 28.1 Å². The lowest BCUT2D eigenvalue weighted by molar-refractivity contribution is -0.0729. The first-order valence-corrected chi connectivity index (χ1v) is 8.65. The van der Waals surface area contributed by atoms with Crippen molar-refractivity contribution in [3.05, 3.63) is 35.4 Å². The van der Waals surface area contributed by atoms with Crippen molar-refractivity contribution in [1.82, 2.24) is 0 Å². The van der Waals surface area contributed by atoms with Crippen LogP contribution >= 0.6 is 0 Å². The lowest BCUT2D eigenvalue weighted by Gasteiger charge is -2.36. The molecule has 0 saturated heterocycles. The molecule has 27 heavy (non-hydrogen) atoms. The highest BCUT2D eigenvalue weighted by atomic mass is 16.7. The van der Waals surface area contributed by atoms with Crippen LogP contribution in [0.15, 0.2) is 24.3 Å². The maximum absolute atomic E-state index is 10.5. The zero-order chi connectivity index (χ0) is 19.1. The molecule has 2 aliphatic heterocycles. The first-order chi connectivity index (χ1) is 13.1. The second-order valence-corrected chi connectivity index (χ2v) is 6.55. The van der Waals surface area contributed by atoms with E-state index in [4.69, 9.17) is 28.4 Å². The average Bonchev–Trinajstić information content (AvgIpc) is 3.13. The first-order valence-electron chi connectivity index (χ1n) is 8.65. The van der Waals surface area contributed by atoms with Gasteiger partial charge in [-0.15, -0.1) is 0 Å². The van der Waals surface area contributed by atoms with Gasteiger partial charge in [0.25, 0.3) is 0 Å². The minimum absolute atomic E-state index is 0.160. The maximum Gasteiger partial charge on any atom is 0.231 e. The van der Waals surface area contributed by atoms with Crippen LogP contribution in [0.25, 0.3) is 0 Å². The molecule has 7 nitrogen and oxygen atoms in total. The summed E-state index contributed by atoms with van der Waals surface area (Å²) in [6, 6.07) is 7.47. The quantitative estimate of drug-likeness (QED) is 0.882. The minimum atomic E-state index is -0.957. The lowest BCUT2D eigenvalue weighted by atomic mass is 9.79. The number of benzene rings is 2. The molecule has 2 aromatic rings. The van der Waals surface area contributed by atoms with Gasteiger partial charge in [-0.05, 0) is 23.8 Å². The third-order valence-electron chi connectivity index (χ3n) is 5.11. The summed E-state index contributed by atoms with van der Waals surface area (Å²) in [4.78, 5) is 0. The highest BCUT2D eigenvalue weighted by Crippen LogP contribution is 2.51. The smallest absolute Gasteiger partial charge is 0.231 e. The molecular weight excluding hydrogens is 352 g/mol. The Morgan fingerprint density at radius 1 is 0.889 bits per heavy atom. The van der Waals surface area contributed by atoms with Crippen LogP contribution in [0.1, 0.15) is 24.0 Å². The van der Waals surface area contributed by atoms with Crippen molar-refractivity contribution in [3.63, 3.8) is 0 Å². The van der Waals surface area contributed by atoms with E-state index in [9.17, 15) is 5.11 Å². The van der Waals surface area contributed by atoms with Gasteiger partial charge in [-0.25, -0.2) is 0 Å². The van der Waals surface area contributed by atoms with Crippen LogP contribution in [-0.2, 0) is 0 Å². The molecular formula is C20H22O7. The van der Waals surface area contributed by atoms with Crippen LogP contribution in [0.3, 0.4) is 0 Å². The van der Waals surface area contributed by atoms with Gasteiger partial charge in [0.1, 0.15) is 5.75 Å². The van der Waals surface area contributed by atoms with Crippen LogP contribution < -0.4 is 28.4 Å².